The van der Waals surface area contributed by atoms with E-state index >= 15 is 0 Å². The third kappa shape index (κ3) is 3.39. The zero-order valence-electron chi connectivity index (χ0n) is 14.3. The molecule has 7 heteroatoms. The Morgan fingerprint density at radius 1 is 1.48 bits per heavy atom. The molecule has 3 heterocycles. The summed E-state index contributed by atoms with van der Waals surface area (Å²) in [4.78, 5) is 15.1. The molecule has 2 aliphatic heterocycles. The second kappa shape index (κ2) is 7.09. The highest BCUT2D eigenvalue weighted by Gasteiger charge is 2.29. The van der Waals surface area contributed by atoms with Gasteiger partial charge in [0.05, 0.1) is 11.2 Å². The second-order valence-corrected chi connectivity index (χ2v) is 7.45. The van der Waals surface area contributed by atoms with Gasteiger partial charge in [-0.25, -0.2) is 4.79 Å². The molecule has 1 unspecified atom stereocenters. The van der Waals surface area contributed by atoms with Crippen molar-refractivity contribution >= 4 is 34.5 Å². The van der Waals surface area contributed by atoms with Gasteiger partial charge in [0.25, 0.3) is 0 Å². The monoisotopic (exact) mass is 357 g/mol. The minimum atomic E-state index is -0.170. The molecule has 1 atom stereocenters. The van der Waals surface area contributed by atoms with Gasteiger partial charge >= 0.3 is 6.03 Å². The van der Waals surface area contributed by atoms with Crippen molar-refractivity contribution < 1.29 is 4.79 Å². The van der Waals surface area contributed by atoms with Crippen molar-refractivity contribution in [3.8, 4) is 0 Å². The number of fused-ring (bicyclic) bond motifs is 2. The summed E-state index contributed by atoms with van der Waals surface area (Å²) in [7, 11) is 0. The number of rotatable bonds is 4. The number of carbonyl (C=O) groups is 1. The third-order valence-electron chi connectivity index (χ3n) is 4.96. The molecule has 0 radical (unpaired) electrons. The Labute approximate surface area is 151 Å². The van der Waals surface area contributed by atoms with E-state index < -0.39 is 0 Å². The van der Waals surface area contributed by atoms with Crippen LogP contribution in [-0.2, 0) is 0 Å². The van der Waals surface area contributed by atoms with Gasteiger partial charge in [-0.3, -0.25) is 14.7 Å². The SMILES string of the molecule is CCNC(=O)NSc1ccc2[nH]nc(C3=CCN4CCCC4C3)c2c1. The molecule has 0 spiro atoms. The number of benzene rings is 1. The van der Waals surface area contributed by atoms with E-state index in [4.69, 9.17) is 0 Å². The van der Waals surface area contributed by atoms with Gasteiger partial charge in [-0.2, -0.15) is 5.10 Å². The molecule has 2 amide bonds. The van der Waals surface area contributed by atoms with Gasteiger partial charge in [0.1, 0.15) is 0 Å². The van der Waals surface area contributed by atoms with Crippen LogP contribution in [0.25, 0.3) is 16.5 Å². The van der Waals surface area contributed by atoms with Crippen LogP contribution in [0, 0.1) is 0 Å². The number of urea groups is 1. The van der Waals surface area contributed by atoms with Crippen molar-refractivity contribution in [1.29, 1.82) is 0 Å². The van der Waals surface area contributed by atoms with Crippen LogP contribution in [0.3, 0.4) is 0 Å². The summed E-state index contributed by atoms with van der Waals surface area (Å²) >= 11 is 1.33. The van der Waals surface area contributed by atoms with Crippen LogP contribution in [0.5, 0.6) is 0 Å². The molecule has 2 aliphatic rings. The zero-order chi connectivity index (χ0) is 17.2. The molecule has 2 aromatic rings. The molecule has 1 fully saturated rings. The molecule has 132 valence electrons. The van der Waals surface area contributed by atoms with Crippen molar-refractivity contribution in [3.63, 3.8) is 0 Å². The van der Waals surface area contributed by atoms with Crippen LogP contribution in [0.1, 0.15) is 31.9 Å². The number of aromatic amines is 1. The van der Waals surface area contributed by atoms with Gasteiger partial charge in [-0.1, -0.05) is 6.08 Å². The van der Waals surface area contributed by atoms with Gasteiger partial charge in [-0.15, -0.1) is 0 Å². The fourth-order valence-electron chi connectivity index (χ4n) is 3.73. The summed E-state index contributed by atoms with van der Waals surface area (Å²) in [5.41, 5.74) is 3.43. The molecule has 6 nitrogen and oxygen atoms in total. The Kier molecular flexibility index (Phi) is 4.67. The third-order valence-corrected chi connectivity index (χ3v) is 5.74. The number of hydrogen-bond donors (Lipinski definition) is 3. The quantitative estimate of drug-likeness (QED) is 0.735. The van der Waals surface area contributed by atoms with Gasteiger partial charge in [-0.05, 0) is 68.5 Å². The summed E-state index contributed by atoms with van der Waals surface area (Å²) in [5.74, 6) is 0. The predicted octanol–water partition coefficient (Wildman–Crippen LogP) is 3.14. The van der Waals surface area contributed by atoms with E-state index in [9.17, 15) is 4.79 Å². The van der Waals surface area contributed by atoms with E-state index in [1.165, 1.54) is 36.9 Å². The number of H-pyrrole nitrogens is 1. The van der Waals surface area contributed by atoms with Crippen LogP contribution in [0.4, 0.5) is 4.79 Å². The van der Waals surface area contributed by atoms with Gasteiger partial charge < -0.3 is 5.32 Å². The average Bonchev–Trinajstić information content (AvgIpc) is 3.25. The first-order chi connectivity index (χ1) is 12.2. The summed E-state index contributed by atoms with van der Waals surface area (Å²) in [6, 6.07) is 6.63. The second-order valence-electron chi connectivity index (χ2n) is 6.57. The molecule has 1 aromatic heterocycles. The maximum atomic E-state index is 11.6. The molecule has 0 aliphatic carbocycles. The summed E-state index contributed by atoms with van der Waals surface area (Å²) in [6.45, 7) is 4.77. The van der Waals surface area contributed by atoms with Gasteiger partial charge in [0, 0.05) is 29.4 Å². The normalized spacial score (nSPS) is 20.4. The molecule has 0 saturated carbocycles. The highest BCUT2D eigenvalue weighted by atomic mass is 32.2. The maximum absolute atomic E-state index is 11.6. The molecule has 3 N–H and O–H groups in total. The lowest BCUT2D eigenvalue weighted by atomic mass is 9.96. The smallest absolute Gasteiger partial charge is 0.325 e. The van der Waals surface area contributed by atoms with Gasteiger partial charge in [0.15, 0.2) is 0 Å². The number of aromatic nitrogens is 2. The Morgan fingerprint density at radius 3 is 3.28 bits per heavy atom. The highest BCUT2D eigenvalue weighted by Crippen LogP contribution is 2.34. The van der Waals surface area contributed by atoms with Crippen molar-refractivity contribution in [2.75, 3.05) is 19.6 Å². The van der Waals surface area contributed by atoms with E-state index in [1.54, 1.807) is 0 Å². The molecule has 25 heavy (non-hydrogen) atoms. The molecule has 1 saturated heterocycles. The Morgan fingerprint density at radius 2 is 2.40 bits per heavy atom. The van der Waals surface area contributed by atoms with E-state index in [2.05, 4.69) is 37.3 Å². The lowest BCUT2D eigenvalue weighted by Crippen LogP contribution is -2.32. The molecular weight excluding hydrogens is 334 g/mol. The Bertz CT molecular complexity index is 815. The Hall–Kier alpha value is -1.99. The first-order valence-electron chi connectivity index (χ1n) is 8.87. The van der Waals surface area contributed by atoms with E-state index in [0.29, 0.717) is 12.6 Å². The first-order valence-corrected chi connectivity index (χ1v) is 9.68. The summed E-state index contributed by atoms with van der Waals surface area (Å²) in [5, 5.41) is 11.6. The molecule has 0 bridgehead atoms. The molecule has 4 rings (SSSR count). The largest absolute Gasteiger partial charge is 0.338 e. The van der Waals surface area contributed by atoms with Crippen molar-refractivity contribution in [3.05, 3.63) is 30.0 Å². The van der Waals surface area contributed by atoms with Crippen LogP contribution in [0.15, 0.2) is 29.2 Å². The van der Waals surface area contributed by atoms with Crippen molar-refractivity contribution in [2.24, 2.45) is 0 Å². The summed E-state index contributed by atoms with van der Waals surface area (Å²) < 4.78 is 2.80. The predicted molar refractivity (Wildman–Crippen MR) is 101 cm³/mol. The Balaban J connectivity index is 1.55. The number of carbonyl (C=O) groups excluding carboxylic acids is 1. The topological polar surface area (TPSA) is 73.0 Å². The van der Waals surface area contributed by atoms with Crippen molar-refractivity contribution in [2.45, 2.75) is 37.1 Å². The maximum Gasteiger partial charge on any atom is 0.325 e. The van der Waals surface area contributed by atoms with Crippen LogP contribution < -0.4 is 10.0 Å². The van der Waals surface area contributed by atoms with E-state index in [-0.39, 0.29) is 6.03 Å². The first kappa shape index (κ1) is 16.5. The standard InChI is InChI=1S/C18H23N5OS/c1-2-19-18(24)22-25-14-5-6-16-15(11-14)17(21-20-16)12-7-9-23-8-3-4-13(23)10-12/h5-7,11,13H,2-4,8-10H2,1H3,(H,20,21)(H2,19,22,24). The van der Waals surface area contributed by atoms with Crippen LogP contribution >= 0.6 is 11.9 Å². The number of hydrogen-bond acceptors (Lipinski definition) is 4. The summed E-state index contributed by atoms with van der Waals surface area (Å²) in [6.07, 6.45) is 6.00. The van der Waals surface area contributed by atoms with Crippen LogP contribution in [0.2, 0.25) is 0 Å². The fraction of sp³-hybridized carbons (Fsp3) is 0.444. The lowest BCUT2D eigenvalue weighted by Gasteiger charge is -2.28. The lowest BCUT2D eigenvalue weighted by molar-refractivity contribution is 0.247. The minimum Gasteiger partial charge on any atom is -0.338 e. The number of nitrogens with zero attached hydrogens (tertiary/aromatic N) is 2. The van der Waals surface area contributed by atoms with Crippen molar-refractivity contribution in [1.82, 2.24) is 25.1 Å². The number of nitrogens with one attached hydrogen (secondary N) is 3. The minimum absolute atomic E-state index is 0.170. The fourth-order valence-corrected chi connectivity index (χ4v) is 4.32. The molecular formula is C18H23N5OS. The zero-order valence-corrected chi connectivity index (χ0v) is 15.2. The number of amides is 2. The van der Waals surface area contributed by atoms with E-state index in [0.717, 1.165) is 34.5 Å². The highest BCUT2D eigenvalue weighted by molar-refractivity contribution is 7.98. The van der Waals surface area contributed by atoms with Gasteiger partial charge in [0.2, 0.25) is 0 Å². The van der Waals surface area contributed by atoms with E-state index in [1.807, 2.05) is 19.1 Å². The molecule has 1 aromatic carbocycles. The van der Waals surface area contributed by atoms with Crippen LogP contribution in [-0.4, -0.2) is 46.8 Å². The average molecular weight is 357 g/mol.